The largest absolute Gasteiger partial charge is 0.478 e. The van der Waals surface area contributed by atoms with Gasteiger partial charge in [-0.1, -0.05) is 0 Å². The molecule has 1 aromatic heterocycles. The summed E-state index contributed by atoms with van der Waals surface area (Å²) in [6.45, 7) is 6.76. The summed E-state index contributed by atoms with van der Waals surface area (Å²) in [4.78, 5) is 23.7. The Morgan fingerprint density at radius 1 is 1.43 bits per heavy atom. The van der Waals surface area contributed by atoms with Crippen molar-refractivity contribution in [3.8, 4) is 0 Å². The normalized spacial score (nSPS) is 16.0. The fourth-order valence-electron chi connectivity index (χ4n) is 2.23. The zero-order valence-corrected chi connectivity index (χ0v) is 14.5. The number of hydrogen-bond acceptors (Lipinski definition) is 5. The van der Waals surface area contributed by atoms with Crippen LogP contribution in [0.2, 0.25) is 0 Å². The summed E-state index contributed by atoms with van der Waals surface area (Å²) < 4.78 is 5.30. The highest BCUT2D eigenvalue weighted by Gasteiger charge is 2.33. The van der Waals surface area contributed by atoms with Gasteiger partial charge in [-0.05, 0) is 45.6 Å². The van der Waals surface area contributed by atoms with Crippen molar-refractivity contribution in [3.63, 3.8) is 0 Å². The molecule has 1 amide bonds. The Hall–Kier alpha value is -1.60. The number of thiophene rings is 1. The van der Waals surface area contributed by atoms with Gasteiger partial charge in [-0.2, -0.15) is 0 Å². The van der Waals surface area contributed by atoms with Crippen molar-refractivity contribution < 1.29 is 19.4 Å². The summed E-state index contributed by atoms with van der Waals surface area (Å²) in [6.07, 6.45) is 1.84. The van der Waals surface area contributed by atoms with E-state index < -0.39 is 11.6 Å². The van der Waals surface area contributed by atoms with Crippen molar-refractivity contribution in [2.75, 3.05) is 6.54 Å². The van der Waals surface area contributed by atoms with Gasteiger partial charge in [-0.25, -0.2) is 9.59 Å². The fraction of sp³-hybridized carbons (Fsp3) is 0.625. The van der Waals surface area contributed by atoms with Crippen LogP contribution in [0.3, 0.4) is 0 Å². The maximum atomic E-state index is 11.9. The van der Waals surface area contributed by atoms with Gasteiger partial charge in [0.25, 0.3) is 0 Å². The van der Waals surface area contributed by atoms with E-state index in [9.17, 15) is 9.59 Å². The Bertz CT molecular complexity index is 561. The number of carboxylic acids is 1. The number of ether oxygens (including phenoxy) is 1. The van der Waals surface area contributed by atoms with Gasteiger partial charge in [0.15, 0.2) is 0 Å². The zero-order valence-electron chi connectivity index (χ0n) is 13.7. The molecule has 23 heavy (non-hydrogen) atoms. The van der Waals surface area contributed by atoms with Crippen LogP contribution < -0.4 is 10.6 Å². The van der Waals surface area contributed by atoms with E-state index in [1.165, 1.54) is 11.3 Å². The van der Waals surface area contributed by atoms with Crippen LogP contribution in [0.4, 0.5) is 4.79 Å². The first kappa shape index (κ1) is 17.7. The molecule has 0 radical (unpaired) electrons. The summed E-state index contributed by atoms with van der Waals surface area (Å²) in [5.41, 5.74) is -0.187. The van der Waals surface area contributed by atoms with E-state index in [4.69, 9.17) is 9.84 Å². The lowest BCUT2D eigenvalue weighted by Gasteiger charge is -2.23. The van der Waals surface area contributed by atoms with Crippen molar-refractivity contribution in [1.29, 1.82) is 0 Å². The molecular weight excluding hydrogens is 316 g/mol. The van der Waals surface area contributed by atoms with Gasteiger partial charge in [0.1, 0.15) is 5.60 Å². The van der Waals surface area contributed by atoms with Gasteiger partial charge in [-0.3, -0.25) is 0 Å². The lowest BCUT2D eigenvalue weighted by molar-refractivity contribution is 0.0497. The van der Waals surface area contributed by atoms with Gasteiger partial charge >= 0.3 is 12.1 Å². The second kappa shape index (κ2) is 7.31. The number of carboxylic acid groups (broad SMARTS) is 1. The highest BCUT2D eigenvalue weighted by molar-refractivity contribution is 7.10. The van der Waals surface area contributed by atoms with Crippen LogP contribution in [-0.4, -0.2) is 35.4 Å². The molecule has 0 aliphatic heterocycles. The molecule has 2 rings (SSSR count). The fourth-order valence-corrected chi connectivity index (χ4v) is 3.06. The lowest BCUT2D eigenvalue weighted by atomic mass is 10.2. The highest BCUT2D eigenvalue weighted by atomic mass is 32.1. The standard InChI is InChI=1S/C16H24N2O4S/c1-16(2,3)22-15(21)18-13(10-4-5-10)8-17-7-12-6-11(9-23-12)14(19)20/h6,9-10,13,17H,4-5,7-8H2,1-3H3,(H,18,21)(H,19,20). The van der Waals surface area contributed by atoms with E-state index in [1.54, 1.807) is 11.4 Å². The van der Waals surface area contributed by atoms with E-state index in [0.29, 0.717) is 24.6 Å². The molecule has 0 bridgehead atoms. The third-order valence-electron chi connectivity index (χ3n) is 3.46. The Morgan fingerprint density at radius 3 is 2.65 bits per heavy atom. The molecule has 1 fully saturated rings. The molecule has 0 spiro atoms. The van der Waals surface area contributed by atoms with E-state index in [-0.39, 0.29) is 12.1 Å². The average Bonchev–Trinajstić information content (AvgIpc) is 3.14. The van der Waals surface area contributed by atoms with E-state index in [1.807, 2.05) is 20.8 Å². The maximum absolute atomic E-state index is 11.9. The van der Waals surface area contributed by atoms with Crippen LogP contribution in [0.15, 0.2) is 11.4 Å². The lowest BCUT2D eigenvalue weighted by Crippen LogP contribution is -2.45. The van der Waals surface area contributed by atoms with Gasteiger partial charge < -0.3 is 20.5 Å². The predicted molar refractivity (Wildman–Crippen MR) is 88.9 cm³/mol. The topological polar surface area (TPSA) is 87.7 Å². The van der Waals surface area contributed by atoms with Gasteiger partial charge in [0.05, 0.1) is 5.56 Å². The molecule has 1 aliphatic carbocycles. The van der Waals surface area contributed by atoms with Crippen molar-refractivity contribution in [1.82, 2.24) is 10.6 Å². The predicted octanol–water partition coefficient (Wildman–Crippen LogP) is 2.84. The first-order chi connectivity index (χ1) is 10.7. The maximum Gasteiger partial charge on any atom is 0.407 e. The number of alkyl carbamates (subject to hydrolysis) is 1. The number of hydrogen-bond donors (Lipinski definition) is 3. The first-order valence-corrected chi connectivity index (χ1v) is 8.63. The van der Waals surface area contributed by atoms with Crippen LogP contribution in [0, 0.1) is 5.92 Å². The molecule has 1 aromatic rings. The van der Waals surface area contributed by atoms with Crippen LogP contribution in [-0.2, 0) is 11.3 Å². The number of carbonyl (C=O) groups excluding carboxylic acids is 1. The van der Waals surface area contributed by atoms with Crippen molar-refractivity contribution in [2.45, 2.75) is 51.8 Å². The summed E-state index contributed by atoms with van der Waals surface area (Å²) in [6, 6.07) is 1.72. The van der Waals surface area contributed by atoms with E-state index >= 15 is 0 Å². The van der Waals surface area contributed by atoms with Crippen molar-refractivity contribution in [2.24, 2.45) is 5.92 Å². The number of rotatable bonds is 7. The number of aromatic carboxylic acids is 1. The molecule has 1 saturated carbocycles. The first-order valence-electron chi connectivity index (χ1n) is 7.75. The molecular formula is C16H24N2O4S. The molecule has 1 heterocycles. The van der Waals surface area contributed by atoms with Crippen LogP contribution in [0.1, 0.15) is 48.8 Å². The van der Waals surface area contributed by atoms with Crippen molar-refractivity contribution in [3.05, 3.63) is 21.9 Å². The molecule has 1 unspecified atom stereocenters. The monoisotopic (exact) mass is 340 g/mol. The minimum Gasteiger partial charge on any atom is -0.478 e. The molecule has 1 aliphatic rings. The second-order valence-corrected chi connectivity index (χ2v) is 7.82. The number of carbonyl (C=O) groups is 2. The molecule has 3 N–H and O–H groups in total. The summed E-state index contributed by atoms with van der Waals surface area (Å²) in [5.74, 6) is -0.414. The molecule has 7 heteroatoms. The van der Waals surface area contributed by atoms with Crippen LogP contribution in [0.5, 0.6) is 0 Å². The molecule has 128 valence electrons. The van der Waals surface area contributed by atoms with E-state index in [0.717, 1.165) is 17.7 Å². The Balaban J connectivity index is 1.78. The van der Waals surface area contributed by atoms with Crippen molar-refractivity contribution >= 4 is 23.4 Å². The Labute approximate surface area is 140 Å². The molecule has 0 saturated heterocycles. The molecule has 1 atom stereocenters. The highest BCUT2D eigenvalue weighted by Crippen LogP contribution is 2.32. The summed E-state index contributed by atoms with van der Waals surface area (Å²) in [7, 11) is 0. The van der Waals surface area contributed by atoms with Crippen LogP contribution >= 0.6 is 11.3 Å². The Kier molecular flexibility index (Phi) is 5.64. The van der Waals surface area contributed by atoms with Gasteiger partial charge in [0.2, 0.25) is 0 Å². The molecule has 0 aromatic carbocycles. The zero-order chi connectivity index (χ0) is 17.0. The van der Waals surface area contributed by atoms with Crippen LogP contribution in [0.25, 0.3) is 0 Å². The minimum atomic E-state index is -0.907. The second-order valence-electron chi connectivity index (χ2n) is 6.83. The SMILES string of the molecule is CC(C)(C)OC(=O)NC(CNCc1cc(C(=O)O)cs1)C1CC1. The number of amides is 1. The smallest absolute Gasteiger partial charge is 0.407 e. The third-order valence-corrected chi connectivity index (χ3v) is 4.39. The summed E-state index contributed by atoms with van der Waals surface area (Å²) in [5, 5.41) is 16.8. The van der Waals surface area contributed by atoms with Gasteiger partial charge in [0, 0.05) is 29.4 Å². The van der Waals surface area contributed by atoms with E-state index in [2.05, 4.69) is 10.6 Å². The van der Waals surface area contributed by atoms with Gasteiger partial charge in [-0.15, -0.1) is 11.3 Å². The quantitative estimate of drug-likeness (QED) is 0.710. The number of nitrogens with one attached hydrogen (secondary N) is 2. The minimum absolute atomic E-state index is 0.0451. The Morgan fingerprint density at radius 2 is 2.13 bits per heavy atom. The third kappa shape index (κ3) is 6.19. The molecule has 6 nitrogen and oxygen atoms in total. The summed E-state index contributed by atoms with van der Waals surface area (Å²) >= 11 is 1.42. The average molecular weight is 340 g/mol.